The zero-order valence-electron chi connectivity index (χ0n) is 14.2. The van der Waals surface area contributed by atoms with Gasteiger partial charge in [-0.3, -0.25) is 4.99 Å². The van der Waals surface area contributed by atoms with Crippen molar-refractivity contribution >= 4 is 29.9 Å². The minimum Gasteiger partial charge on any atom is -0.382 e. The maximum atomic E-state index is 5.32. The zero-order chi connectivity index (χ0) is 15.6. The second-order valence-corrected chi connectivity index (χ2v) is 5.65. The quantitative estimate of drug-likeness (QED) is 0.295. The van der Waals surface area contributed by atoms with Crippen LogP contribution in [0.4, 0.5) is 0 Å². The van der Waals surface area contributed by atoms with Crippen molar-refractivity contribution in [2.45, 2.75) is 32.6 Å². The number of benzene rings is 1. The van der Waals surface area contributed by atoms with Crippen LogP contribution in [0.15, 0.2) is 35.3 Å². The van der Waals surface area contributed by atoms with Gasteiger partial charge in [0.05, 0.1) is 0 Å². The van der Waals surface area contributed by atoms with Crippen LogP contribution in [0.3, 0.4) is 0 Å². The van der Waals surface area contributed by atoms with Crippen molar-refractivity contribution in [1.82, 2.24) is 10.6 Å². The van der Waals surface area contributed by atoms with E-state index < -0.39 is 0 Å². The van der Waals surface area contributed by atoms with Crippen molar-refractivity contribution < 1.29 is 4.74 Å². The van der Waals surface area contributed by atoms with Crippen molar-refractivity contribution in [2.24, 2.45) is 4.99 Å². The average Bonchev–Trinajstić information content (AvgIpc) is 2.51. The van der Waals surface area contributed by atoms with Crippen molar-refractivity contribution in [3.8, 4) is 0 Å². The fourth-order valence-corrected chi connectivity index (χ4v) is 2.04. The average molecular weight is 419 g/mol. The van der Waals surface area contributed by atoms with Gasteiger partial charge in [-0.1, -0.05) is 44.2 Å². The summed E-state index contributed by atoms with van der Waals surface area (Å²) < 4.78 is 5.32. The summed E-state index contributed by atoms with van der Waals surface area (Å²) in [5, 5.41) is 6.71. The van der Waals surface area contributed by atoms with Crippen LogP contribution in [0.5, 0.6) is 0 Å². The van der Waals surface area contributed by atoms with Crippen LogP contribution in [0, 0.1) is 0 Å². The summed E-state index contributed by atoms with van der Waals surface area (Å²) in [5.74, 6) is 0.843. The molecule has 0 aliphatic heterocycles. The van der Waals surface area contributed by atoms with Crippen molar-refractivity contribution in [1.29, 1.82) is 0 Å². The Morgan fingerprint density at radius 3 is 2.45 bits per heavy atom. The predicted octanol–water partition coefficient (Wildman–Crippen LogP) is 3.17. The largest absolute Gasteiger partial charge is 0.382 e. The van der Waals surface area contributed by atoms with Crippen LogP contribution in [-0.4, -0.2) is 39.3 Å². The van der Waals surface area contributed by atoms with Crippen molar-refractivity contribution in [2.75, 3.05) is 33.4 Å². The molecular formula is C17H30IN3O. The summed E-state index contributed by atoms with van der Waals surface area (Å²) in [6, 6.07) is 10.5. The van der Waals surface area contributed by atoms with Crippen LogP contribution in [0.2, 0.25) is 0 Å². The highest BCUT2D eigenvalue weighted by Gasteiger charge is 2.20. The molecule has 0 saturated carbocycles. The number of aliphatic imine (C=N–C) groups is 1. The number of guanidine groups is 1. The molecule has 22 heavy (non-hydrogen) atoms. The van der Waals surface area contributed by atoms with Crippen molar-refractivity contribution in [3.05, 3.63) is 35.9 Å². The number of rotatable bonds is 8. The second-order valence-electron chi connectivity index (χ2n) is 5.65. The lowest BCUT2D eigenvalue weighted by Gasteiger charge is -2.26. The Bertz CT molecular complexity index is 421. The Hall–Kier alpha value is -0.820. The first-order valence-corrected chi connectivity index (χ1v) is 7.68. The van der Waals surface area contributed by atoms with E-state index in [-0.39, 0.29) is 29.4 Å². The molecule has 0 aromatic heterocycles. The Morgan fingerprint density at radius 2 is 1.86 bits per heavy atom. The molecule has 1 rings (SSSR count). The fraction of sp³-hybridized carbons (Fsp3) is 0.588. The summed E-state index contributed by atoms with van der Waals surface area (Å²) in [7, 11) is 1.80. The Morgan fingerprint density at radius 1 is 1.18 bits per heavy atom. The molecule has 0 heterocycles. The van der Waals surface area contributed by atoms with E-state index in [0.717, 1.165) is 38.7 Å². The molecule has 5 heteroatoms. The smallest absolute Gasteiger partial charge is 0.191 e. The molecule has 0 amide bonds. The lowest BCUT2D eigenvalue weighted by molar-refractivity contribution is 0.145. The van der Waals surface area contributed by atoms with E-state index in [1.54, 1.807) is 7.05 Å². The lowest BCUT2D eigenvalue weighted by Crippen LogP contribution is -2.43. The molecule has 0 bridgehead atoms. The molecule has 2 N–H and O–H groups in total. The zero-order valence-corrected chi connectivity index (χ0v) is 16.5. The van der Waals surface area contributed by atoms with Gasteiger partial charge in [0.25, 0.3) is 0 Å². The maximum Gasteiger partial charge on any atom is 0.191 e. The third-order valence-electron chi connectivity index (χ3n) is 3.44. The SMILES string of the molecule is CCOCCCNC(=NC)NCC(C)(C)c1ccccc1.I. The first-order valence-electron chi connectivity index (χ1n) is 7.68. The minimum absolute atomic E-state index is 0. The molecule has 0 unspecified atom stereocenters. The normalized spacial score (nSPS) is 11.7. The van der Waals surface area contributed by atoms with Gasteiger partial charge in [0.1, 0.15) is 0 Å². The van der Waals surface area contributed by atoms with Crippen molar-refractivity contribution in [3.63, 3.8) is 0 Å². The van der Waals surface area contributed by atoms with E-state index >= 15 is 0 Å². The van der Waals surface area contributed by atoms with Crippen LogP contribution < -0.4 is 10.6 Å². The topological polar surface area (TPSA) is 45.6 Å². The summed E-state index contributed by atoms with van der Waals surface area (Å²) in [6.45, 7) is 9.75. The van der Waals surface area contributed by atoms with Gasteiger partial charge in [-0.15, -0.1) is 24.0 Å². The summed E-state index contributed by atoms with van der Waals surface area (Å²) >= 11 is 0. The molecule has 0 atom stereocenters. The van der Waals surface area contributed by atoms with E-state index in [1.165, 1.54) is 5.56 Å². The van der Waals surface area contributed by atoms with Gasteiger partial charge in [-0.25, -0.2) is 0 Å². The van der Waals surface area contributed by atoms with E-state index in [1.807, 2.05) is 13.0 Å². The first-order chi connectivity index (χ1) is 10.1. The third kappa shape index (κ3) is 7.98. The number of hydrogen-bond acceptors (Lipinski definition) is 2. The number of hydrogen-bond donors (Lipinski definition) is 2. The molecular weight excluding hydrogens is 389 g/mol. The predicted molar refractivity (Wildman–Crippen MR) is 105 cm³/mol. The molecule has 0 fully saturated rings. The van der Waals surface area contributed by atoms with E-state index in [9.17, 15) is 0 Å². The molecule has 0 saturated heterocycles. The minimum atomic E-state index is 0. The molecule has 1 aromatic rings. The van der Waals surface area contributed by atoms with E-state index in [2.05, 4.69) is 53.7 Å². The highest BCUT2D eigenvalue weighted by atomic mass is 127. The van der Waals surface area contributed by atoms with E-state index in [0.29, 0.717) is 0 Å². The van der Waals surface area contributed by atoms with Crippen LogP contribution in [-0.2, 0) is 10.2 Å². The molecule has 0 radical (unpaired) electrons. The standard InChI is InChI=1S/C17H29N3O.HI/c1-5-21-13-9-12-19-16(18-4)20-14-17(2,3)15-10-7-6-8-11-15;/h6-8,10-11H,5,9,12-14H2,1-4H3,(H2,18,19,20);1H. The third-order valence-corrected chi connectivity index (χ3v) is 3.44. The molecule has 126 valence electrons. The molecule has 0 aliphatic rings. The molecule has 1 aromatic carbocycles. The molecule has 0 aliphatic carbocycles. The summed E-state index contributed by atoms with van der Waals surface area (Å²) in [5.41, 5.74) is 1.38. The monoisotopic (exact) mass is 419 g/mol. The molecule has 0 spiro atoms. The highest BCUT2D eigenvalue weighted by molar-refractivity contribution is 14.0. The van der Waals surface area contributed by atoms with E-state index in [4.69, 9.17) is 4.74 Å². The lowest BCUT2D eigenvalue weighted by atomic mass is 9.85. The number of nitrogens with one attached hydrogen (secondary N) is 2. The van der Waals surface area contributed by atoms with Gasteiger partial charge in [0, 0.05) is 38.8 Å². The number of nitrogens with zero attached hydrogens (tertiary/aromatic N) is 1. The van der Waals surface area contributed by atoms with Gasteiger partial charge < -0.3 is 15.4 Å². The fourth-order valence-electron chi connectivity index (χ4n) is 2.04. The first kappa shape index (κ1) is 21.2. The summed E-state index contributed by atoms with van der Waals surface area (Å²) in [4.78, 5) is 4.26. The maximum absolute atomic E-state index is 5.32. The Kier molecular flexibility index (Phi) is 11.3. The highest BCUT2D eigenvalue weighted by Crippen LogP contribution is 2.21. The van der Waals surface area contributed by atoms with Gasteiger partial charge in [0.15, 0.2) is 5.96 Å². The van der Waals surface area contributed by atoms with Gasteiger partial charge in [-0.2, -0.15) is 0 Å². The Balaban J connectivity index is 0.00000441. The van der Waals surface area contributed by atoms with Crippen LogP contribution in [0.1, 0.15) is 32.8 Å². The second kappa shape index (κ2) is 11.7. The van der Waals surface area contributed by atoms with Gasteiger partial charge in [-0.05, 0) is 18.9 Å². The molecule has 4 nitrogen and oxygen atoms in total. The van der Waals surface area contributed by atoms with Gasteiger partial charge in [0.2, 0.25) is 0 Å². The van der Waals surface area contributed by atoms with Gasteiger partial charge >= 0.3 is 0 Å². The van der Waals surface area contributed by atoms with Crippen LogP contribution >= 0.6 is 24.0 Å². The number of ether oxygens (including phenoxy) is 1. The Labute approximate surface area is 152 Å². The number of halogens is 1. The van der Waals surface area contributed by atoms with Crippen LogP contribution in [0.25, 0.3) is 0 Å². The summed E-state index contributed by atoms with van der Waals surface area (Å²) in [6.07, 6.45) is 0.983.